The number of carbonyl (C=O) groups is 2. The van der Waals surface area contributed by atoms with Gasteiger partial charge in [-0.25, -0.2) is 0 Å². The third-order valence-electron chi connectivity index (χ3n) is 3.11. The number of pyridine rings is 1. The van der Waals surface area contributed by atoms with E-state index in [-0.39, 0.29) is 11.8 Å². The Morgan fingerprint density at radius 3 is 2.00 bits per heavy atom. The fourth-order valence-electron chi connectivity index (χ4n) is 2.12. The van der Waals surface area contributed by atoms with Crippen LogP contribution in [0.4, 0.5) is 5.69 Å². The summed E-state index contributed by atoms with van der Waals surface area (Å²) >= 11 is 0. The largest absolute Gasteiger partial charge is 0.280 e. The highest BCUT2D eigenvalue weighted by Crippen LogP contribution is 2.26. The Hall–Kier alpha value is -2.69. The molecule has 19 heavy (non-hydrogen) atoms. The molecule has 2 aromatic rings. The first-order valence-electron chi connectivity index (χ1n) is 5.81. The highest BCUT2D eigenvalue weighted by atomic mass is 16.2. The molecule has 0 bridgehead atoms. The quantitative estimate of drug-likeness (QED) is 0.765. The molecule has 1 aliphatic heterocycles. The Kier molecular flexibility index (Phi) is 2.52. The number of amides is 2. The van der Waals surface area contributed by atoms with E-state index in [0.29, 0.717) is 11.1 Å². The molecule has 5 nitrogen and oxygen atoms in total. The molecule has 0 radical (unpaired) electrons. The van der Waals surface area contributed by atoms with Gasteiger partial charge in [-0.2, -0.15) is 5.01 Å². The zero-order valence-electron chi connectivity index (χ0n) is 10.3. The smallest absolute Gasteiger partial charge is 0.278 e. The Labute approximate surface area is 110 Å². The van der Waals surface area contributed by atoms with Crippen LogP contribution in [0, 0.1) is 0 Å². The summed E-state index contributed by atoms with van der Waals surface area (Å²) in [6.07, 6.45) is 3.23. The van der Waals surface area contributed by atoms with E-state index in [1.807, 2.05) is 0 Å². The number of fused-ring (bicyclic) bond motifs is 1. The van der Waals surface area contributed by atoms with Crippen LogP contribution in [-0.4, -0.2) is 28.9 Å². The summed E-state index contributed by atoms with van der Waals surface area (Å²) in [7, 11) is 1.68. The average molecular weight is 253 g/mol. The fraction of sp³-hybridized carbons (Fsp3) is 0.0714. The Bertz CT molecular complexity index is 620. The van der Waals surface area contributed by atoms with Crippen LogP contribution >= 0.6 is 0 Å². The van der Waals surface area contributed by atoms with Crippen LogP contribution in [0.3, 0.4) is 0 Å². The van der Waals surface area contributed by atoms with Gasteiger partial charge in [0.25, 0.3) is 11.8 Å². The maximum absolute atomic E-state index is 12.3. The standard InChI is InChI=1S/C14H11N3O2/c1-16(10-6-8-15-9-7-10)17-13(18)11-4-2-3-5-12(11)14(17)19/h2-9H,1H3. The molecule has 0 saturated heterocycles. The first-order chi connectivity index (χ1) is 9.20. The van der Waals surface area contributed by atoms with E-state index >= 15 is 0 Å². The number of hydrazine groups is 1. The molecule has 0 fully saturated rings. The Balaban J connectivity index is 2.01. The average Bonchev–Trinajstić information content (AvgIpc) is 2.72. The molecule has 1 aromatic heterocycles. The van der Waals surface area contributed by atoms with Crippen molar-refractivity contribution in [2.45, 2.75) is 0 Å². The summed E-state index contributed by atoms with van der Waals surface area (Å²) in [6, 6.07) is 10.3. The molecule has 0 aliphatic carbocycles. The van der Waals surface area contributed by atoms with Crippen LogP contribution in [0.1, 0.15) is 20.7 Å². The third kappa shape index (κ3) is 1.67. The van der Waals surface area contributed by atoms with Gasteiger partial charge in [0.1, 0.15) is 0 Å². The molecule has 0 saturated carbocycles. The zero-order valence-corrected chi connectivity index (χ0v) is 10.3. The van der Waals surface area contributed by atoms with Gasteiger partial charge in [-0.3, -0.25) is 19.6 Å². The van der Waals surface area contributed by atoms with E-state index in [9.17, 15) is 9.59 Å². The van der Waals surface area contributed by atoms with Crippen molar-refractivity contribution < 1.29 is 9.59 Å². The minimum atomic E-state index is -0.306. The number of hydrogen-bond acceptors (Lipinski definition) is 4. The number of anilines is 1. The van der Waals surface area contributed by atoms with Crippen LogP contribution in [-0.2, 0) is 0 Å². The van der Waals surface area contributed by atoms with Crippen molar-refractivity contribution in [3.05, 3.63) is 59.9 Å². The van der Waals surface area contributed by atoms with Gasteiger partial charge in [-0.1, -0.05) is 12.1 Å². The molecule has 0 unspecified atom stereocenters. The summed E-state index contributed by atoms with van der Waals surface area (Å²) in [5.74, 6) is -0.611. The van der Waals surface area contributed by atoms with Gasteiger partial charge in [0.2, 0.25) is 0 Å². The lowest BCUT2D eigenvalue weighted by atomic mass is 10.1. The highest BCUT2D eigenvalue weighted by Gasteiger charge is 2.38. The van der Waals surface area contributed by atoms with Crippen LogP contribution in [0.5, 0.6) is 0 Å². The molecule has 3 rings (SSSR count). The van der Waals surface area contributed by atoms with Gasteiger partial charge in [-0.05, 0) is 24.3 Å². The summed E-state index contributed by atoms with van der Waals surface area (Å²) in [6.45, 7) is 0. The predicted octanol–water partition coefficient (Wildman–Crippen LogP) is 1.73. The minimum absolute atomic E-state index is 0.306. The fourth-order valence-corrected chi connectivity index (χ4v) is 2.12. The van der Waals surface area contributed by atoms with Crippen molar-refractivity contribution in [1.29, 1.82) is 0 Å². The van der Waals surface area contributed by atoms with E-state index in [1.165, 1.54) is 5.01 Å². The predicted molar refractivity (Wildman–Crippen MR) is 69.6 cm³/mol. The lowest BCUT2D eigenvalue weighted by Crippen LogP contribution is -2.44. The first-order valence-corrected chi connectivity index (χ1v) is 5.81. The summed E-state index contributed by atoms with van der Waals surface area (Å²) in [4.78, 5) is 28.5. The number of hydrogen-bond donors (Lipinski definition) is 0. The maximum atomic E-state index is 12.3. The van der Waals surface area contributed by atoms with Crippen molar-refractivity contribution in [1.82, 2.24) is 9.99 Å². The molecule has 2 amide bonds. The number of aromatic nitrogens is 1. The minimum Gasteiger partial charge on any atom is -0.278 e. The number of benzene rings is 1. The molecule has 0 spiro atoms. The monoisotopic (exact) mass is 253 g/mol. The second-order valence-corrected chi connectivity index (χ2v) is 4.20. The van der Waals surface area contributed by atoms with Gasteiger partial charge in [-0.15, -0.1) is 0 Å². The molecule has 0 N–H and O–H groups in total. The van der Waals surface area contributed by atoms with Crippen LogP contribution < -0.4 is 5.01 Å². The van der Waals surface area contributed by atoms with E-state index in [1.54, 1.807) is 55.8 Å². The van der Waals surface area contributed by atoms with Gasteiger partial charge in [0, 0.05) is 19.4 Å². The molecular formula is C14H11N3O2. The Morgan fingerprint density at radius 2 is 1.47 bits per heavy atom. The normalized spacial score (nSPS) is 13.6. The van der Waals surface area contributed by atoms with Crippen molar-refractivity contribution >= 4 is 17.5 Å². The number of nitrogens with zero attached hydrogens (tertiary/aromatic N) is 3. The van der Waals surface area contributed by atoms with E-state index < -0.39 is 0 Å². The summed E-state index contributed by atoms with van der Waals surface area (Å²) < 4.78 is 0. The van der Waals surface area contributed by atoms with Crippen molar-refractivity contribution in [2.75, 3.05) is 12.1 Å². The molecule has 2 heterocycles. The number of rotatable bonds is 2. The van der Waals surface area contributed by atoms with Crippen LogP contribution in [0.2, 0.25) is 0 Å². The van der Waals surface area contributed by atoms with Crippen LogP contribution in [0.15, 0.2) is 48.8 Å². The topological polar surface area (TPSA) is 53.5 Å². The van der Waals surface area contributed by atoms with Gasteiger partial charge in [0.15, 0.2) is 0 Å². The van der Waals surface area contributed by atoms with Crippen molar-refractivity contribution in [2.24, 2.45) is 0 Å². The van der Waals surface area contributed by atoms with Crippen LogP contribution in [0.25, 0.3) is 0 Å². The van der Waals surface area contributed by atoms with Gasteiger partial charge < -0.3 is 0 Å². The maximum Gasteiger partial charge on any atom is 0.280 e. The van der Waals surface area contributed by atoms with E-state index in [4.69, 9.17) is 0 Å². The summed E-state index contributed by atoms with van der Waals surface area (Å²) in [5, 5.41) is 2.67. The molecular weight excluding hydrogens is 242 g/mol. The number of carbonyl (C=O) groups excluding carboxylic acids is 2. The molecule has 5 heteroatoms. The highest BCUT2D eigenvalue weighted by molar-refractivity contribution is 6.22. The lowest BCUT2D eigenvalue weighted by Gasteiger charge is -2.27. The second kappa shape index (κ2) is 4.20. The second-order valence-electron chi connectivity index (χ2n) is 4.20. The van der Waals surface area contributed by atoms with Gasteiger partial charge in [0.05, 0.1) is 16.8 Å². The molecule has 1 aromatic carbocycles. The zero-order chi connectivity index (χ0) is 13.4. The van der Waals surface area contributed by atoms with E-state index in [0.717, 1.165) is 10.7 Å². The third-order valence-corrected chi connectivity index (χ3v) is 3.11. The summed E-state index contributed by atoms with van der Waals surface area (Å²) in [5.41, 5.74) is 1.60. The Morgan fingerprint density at radius 1 is 0.947 bits per heavy atom. The molecule has 94 valence electrons. The number of imide groups is 1. The lowest BCUT2D eigenvalue weighted by molar-refractivity contribution is 0.0644. The van der Waals surface area contributed by atoms with Crippen molar-refractivity contribution in [3.8, 4) is 0 Å². The SMILES string of the molecule is CN(c1ccncc1)N1C(=O)c2ccccc2C1=O. The van der Waals surface area contributed by atoms with Crippen molar-refractivity contribution in [3.63, 3.8) is 0 Å². The molecule has 1 aliphatic rings. The first kappa shape index (κ1) is 11.4. The van der Waals surface area contributed by atoms with Gasteiger partial charge >= 0.3 is 0 Å². The molecule has 0 atom stereocenters. The van der Waals surface area contributed by atoms with E-state index in [2.05, 4.69) is 4.98 Å².